The summed E-state index contributed by atoms with van der Waals surface area (Å²) in [6.45, 7) is 4.81. The van der Waals surface area contributed by atoms with E-state index in [1.54, 1.807) is 18.1 Å². The van der Waals surface area contributed by atoms with Gasteiger partial charge in [-0.25, -0.2) is 4.79 Å². The molecule has 7 heteroatoms. The zero-order valence-electron chi connectivity index (χ0n) is 11.2. The summed E-state index contributed by atoms with van der Waals surface area (Å²) in [5, 5.41) is 13.9. The van der Waals surface area contributed by atoms with Crippen molar-refractivity contribution < 1.29 is 9.90 Å². The molecule has 0 saturated carbocycles. The normalized spacial score (nSPS) is 15.7. The minimum absolute atomic E-state index is 0.181. The highest BCUT2D eigenvalue weighted by molar-refractivity contribution is 6.34. The van der Waals surface area contributed by atoms with E-state index >= 15 is 0 Å². The Balaban J connectivity index is 2.28. The van der Waals surface area contributed by atoms with Gasteiger partial charge < -0.3 is 5.11 Å². The molecule has 108 valence electrons. The number of nitrogens with one attached hydrogen (secondary N) is 1. The van der Waals surface area contributed by atoms with E-state index in [1.807, 2.05) is 24.1 Å². The lowest BCUT2D eigenvalue weighted by molar-refractivity contribution is -0.133. The third kappa shape index (κ3) is 3.00. The molecule has 0 amide bonds. The summed E-state index contributed by atoms with van der Waals surface area (Å²) in [6.07, 6.45) is 0. The van der Waals surface area contributed by atoms with E-state index in [4.69, 9.17) is 28.3 Å². The molecule has 1 heterocycles. The average molecular weight is 316 g/mol. The minimum Gasteiger partial charge on any atom is -0.476 e. The van der Waals surface area contributed by atoms with Gasteiger partial charge in [-0.05, 0) is 37.6 Å². The monoisotopic (exact) mass is 315 g/mol. The van der Waals surface area contributed by atoms with Gasteiger partial charge in [0.2, 0.25) is 0 Å². The van der Waals surface area contributed by atoms with Crippen LogP contribution in [-0.4, -0.2) is 27.7 Å². The number of carbonyl (C=O) groups is 1. The predicted octanol–water partition coefficient (Wildman–Crippen LogP) is 2.87. The molecule has 0 fully saturated rings. The zero-order chi connectivity index (χ0) is 14.9. The maximum Gasteiger partial charge on any atom is 0.355 e. The van der Waals surface area contributed by atoms with E-state index in [0.29, 0.717) is 28.8 Å². The van der Waals surface area contributed by atoms with Gasteiger partial charge in [-0.15, -0.1) is 5.12 Å². The van der Waals surface area contributed by atoms with Gasteiger partial charge in [0.05, 0.1) is 12.2 Å². The van der Waals surface area contributed by atoms with E-state index in [0.717, 1.165) is 5.56 Å². The summed E-state index contributed by atoms with van der Waals surface area (Å²) in [4.78, 5) is 11.2. The Morgan fingerprint density at radius 1 is 1.30 bits per heavy atom. The fourth-order valence-corrected chi connectivity index (χ4v) is 2.68. The molecule has 0 aliphatic carbocycles. The molecule has 5 nitrogen and oxygen atoms in total. The fourth-order valence-electron chi connectivity index (χ4n) is 2.11. The van der Waals surface area contributed by atoms with Crippen molar-refractivity contribution in [1.29, 1.82) is 0 Å². The van der Waals surface area contributed by atoms with Crippen LogP contribution in [0.1, 0.15) is 19.4 Å². The van der Waals surface area contributed by atoms with Gasteiger partial charge in [0.15, 0.2) is 5.70 Å². The van der Waals surface area contributed by atoms with E-state index < -0.39 is 5.97 Å². The van der Waals surface area contributed by atoms with E-state index in [9.17, 15) is 4.79 Å². The molecule has 2 N–H and O–H groups in total. The summed E-state index contributed by atoms with van der Waals surface area (Å²) < 4.78 is 0. The molecule has 0 atom stereocenters. The highest BCUT2D eigenvalue weighted by atomic mass is 35.5. The summed E-state index contributed by atoms with van der Waals surface area (Å²) >= 11 is 12.0. The molecule has 1 aliphatic heterocycles. The molecule has 0 unspecified atom stereocenters. The summed E-state index contributed by atoms with van der Waals surface area (Å²) in [5.74, 6) is -0.979. The molecule has 1 aliphatic rings. The van der Waals surface area contributed by atoms with Crippen molar-refractivity contribution in [2.45, 2.75) is 20.4 Å². The zero-order valence-corrected chi connectivity index (χ0v) is 12.7. The number of hydrazine groups is 2. The first kappa shape index (κ1) is 15.0. The Morgan fingerprint density at radius 2 is 1.90 bits per heavy atom. The van der Waals surface area contributed by atoms with Crippen LogP contribution < -0.4 is 5.43 Å². The molecule has 1 aromatic carbocycles. The van der Waals surface area contributed by atoms with Crippen molar-refractivity contribution >= 4 is 29.2 Å². The maximum absolute atomic E-state index is 11.2. The second kappa shape index (κ2) is 5.91. The molecule has 0 spiro atoms. The van der Waals surface area contributed by atoms with Gasteiger partial charge in [0.1, 0.15) is 0 Å². The van der Waals surface area contributed by atoms with Crippen molar-refractivity contribution in [3.8, 4) is 0 Å². The predicted molar refractivity (Wildman–Crippen MR) is 77.9 cm³/mol. The van der Waals surface area contributed by atoms with Crippen LogP contribution in [0.3, 0.4) is 0 Å². The highest BCUT2D eigenvalue weighted by Crippen LogP contribution is 2.25. The van der Waals surface area contributed by atoms with Crippen LogP contribution in [0.2, 0.25) is 10.0 Å². The number of allylic oxidation sites excluding steroid dienone is 1. The van der Waals surface area contributed by atoms with Crippen LogP contribution in [0.25, 0.3) is 0 Å². The Bertz CT molecular complexity index is 554. The van der Waals surface area contributed by atoms with Crippen LogP contribution in [0.4, 0.5) is 0 Å². The van der Waals surface area contributed by atoms with Crippen molar-refractivity contribution in [2.75, 3.05) is 6.54 Å². The van der Waals surface area contributed by atoms with Crippen molar-refractivity contribution in [1.82, 2.24) is 15.6 Å². The van der Waals surface area contributed by atoms with Gasteiger partial charge in [-0.3, -0.25) is 10.4 Å². The quantitative estimate of drug-likeness (QED) is 0.894. The van der Waals surface area contributed by atoms with Gasteiger partial charge in [0, 0.05) is 16.6 Å². The molecule has 20 heavy (non-hydrogen) atoms. The highest BCUT2D eigenvalue weighted by Gasteiger charge is 2.29. The first-order valence-corrected chi connectivity index (χ1v) is 6.88. The number of nitrogens with zero attached hydrogens (tertiary/aromatic N) is 2. The second-order valence-corrected chi connectivity index (χ2v) is 5.30. The molecule has 2 rings (SSSR count). The Labute approximate surface area is 127 Å². The molecule has 0 radical (unpaired) electrons. The van der Waals surface area contributed by atoms with Crippen LogP contribution >= 0.6 is 23.2 Å². The molecule has 1 aromatic rings. The van der Waals surface area contributed by atoms with Crippen LogP contribution in [0.15, 0.2) is 29.6 Å². The second-order valence-electron chi connectivity index (χ2n) is 4.43. The molecule has 0 aromatic heterocycles. The number of hydrogen-bond donors (Lipinski definition) is 2. The smallest absolute Gasteiger partial charge is 0.355 e. The number of carboxylic acids is 1. The first-order valence-electron chi connectivity index (χ1n) is 6.13. The summed E-state index contributed by atoms with van der Waals surface area (Å²) in [7, 11) is 0. The third-order valence-corrected chi connectivity index (χ3v) is 3.49. The fraction of sp³-hybridized carbons (Fsp3) is 0.308. The van der Waals surface area contributed by atoms with Gasteiger partial charge in [-0.1, -0.05) is 23.2 Å². The van der Waals surface area contributed by atoms with Crippen molar-refractivity contribution in [3.05, 3.63) is 45.2 Å². The standard InChI is InChI=1S/C13H15Cl2N3O2/c1-3-18-16-12(13(19)20)8(2)17(18)7-9-4-10(14)6-11(15)5-9/h4-6,16H,3,7H2,1-2H3,(H,19,20). The number of rotatable bonds is 4. The lowest BCUT2D eigenvalue weighted by Gasteiger charge is -2.29. The van der Waals surface area contributed by atoms with E-state index in [1.165, 1.54) is 0 Å². The number of hydrogen-bond acceptors (Lipinski definition) is 4. The lowest BCUT2D eigenvalue weighted by atomic mass is 10.2. The third-order valence-electron chi connectivity index (χ3n) is 3.05. The summed E-state index contributed by atoms with van der Waals surface area (Å²) in [6, 6.07) is 5.29. The Hall–Kier alpha value is -1.43. The first-order chi connectivity index (χ1) is 9.42. The molecular formula is C13H15Cl2N3O2. The van der Waals surface area contributed by atoms with Crippen LogP contribution in [0.5, 0.6) is 0 Å². The van der Waals surface area contributed by atoms with Gasteiger partial charge >= 0.3 is 5.97 Å². The number of aliphatic carboxylic acids is 1. The Morgan fingerprint density at radius 3 is 2.40 bits per heavy atom. The maximum atomic E-state index is 11.2. The van der Waals surface area contributed by atoms with E-state index in [2.05, 4.69) is 5.43 Å². The molecule has 0 bridgehead atoms. The molecule has 0 saturated heterocycles. The molecular weight excluding hydrogens is 301 g/mol. The van der Waals surface area contributed by atoms with Crippen LogP contribution in [-0.2, 0) is 11.3 Å². The minimum atomic E-state index is -0.979. The average Bonchev–Trinajstić information content (AvgIpc) is 2.65. The van der Waals surface area contributed by atoms with Gasteiger partial charge in [0.25, 0.3) is 0 Å². The number of halogens is 2. The topological polar surface area (TPSA) is 55.8 Å². The SMILES string of the molecule is CCN1NC(C(=O)O)=C(C)N1Cc1cc(Cl)cc(Cl)c1. The van der Waals surface area contributed by atoms with Crippen molar-refractivity contribution in [3.63, 3.8) is 0 Å². The summed E-state index contributed by atoms with van der Waals surface area (Å²) in [5.41, 5.74) is 4.60. The Kier molecular flexibility index (Phi) is 4.42. The number of benzene rings is 1. The van der Waals surface area contributed by atoms with Crippen LogP contribution in [0, 0.1) is 0 Å². The van der Waals surface area contributed by atoms with Crippen molar-refractivity contribution in [2.24, 2.45) is 0 Å². The lowest BCUT2D eigenvalue weighted by Crippen LogP contribution is -2.43. The largest absolute Gasteiger partial charge is 0.476 e. The van der Waals surface area contributed by atoms with E-state index in [-0.39, 0.29) is 5.70 Å². The van der Waals surface area contributed by atoms with Gasteiger partial charge in [-0.2, -0.15) is 0 Å². The number of carboxylic acid groups (broad SMARTS) is 1.